The van der Waals surface area contributed by atoms with E-state index in [-0.39, 0.29) is 30.1 Å². The summed E-state index contributed by atoms with van der Waals surface area (Å²) in [5, 5.41) is 6.51. The van der Waals surface area contributed by atoms with E-state index in [1.54, 1.807) is 30.5 Å². The van der Waals surface area contributed by atoms with Crippen LogP contribution in [0.25, 0.3) is 5.69 Å². The van der Waals surface area contributed by atoms with Crippen molar-refractivity contribution in [3.8, 4) is 5.69 Å². The number of carbonyl (C=O) groups is 2. The summed E-state index contributed by atoms with van der Waals surface area (Å²) in [5.41, 5.74) is 3.15. The molecule has 2 aromatic heterocycles. The minimum absolute atomic E-state index is 0.0934. The van der Waals surface area contributed by atoms with E-state index in [4.69, 9.17) is 17.0 Å². The molecule has 5 rings (SSSR count). The van der Waals surface area contributed by atoms with Crippen LogP contribution in [0.15, 0.2) is 91.3 Å². The predicted octanol–water partition coefficient (Wildman–Crippen LogP) is 4.80. The van der Waals surface area contributed by atoms with Crippen molar-refractivity contribution >= 4 is 34.9 Å². The number of nitrogens with one attached hydrogen (secondary N) is 2. The molecule has 0 aliphatic carbocycles. The largest absolute Gasteiger partial charge is 0.465 e. The summed E-state index contributed by atoms with van der Waals surface area (Å²) in [4.78, 5) is 31.2. The van der Waals surface area contributed by atoms with Crippen LogP contribution < -0.4 is 10.6 Å². The van der Waals surface area contributed by atoms with Crippen LogP contribution in [0.2, 0.25) is 0 Å². The van der Waals surface area contributed by atoms with Gasteiger partial charge in [0.2, 0.25) is 5.91 Å². The Morgan fingerprint density at radius 2 is 1.82 bits per heavy atom. The molecule has 3 heterocycles. The second-order valence-corrected chi connectivity index (χ2v) is 9.33. The van der Waals surface area contributed by atoms with Crippen LogP contribution >= 0.6 is 12.2 Å². The summed E-state index contributed by atoms with van der Waals surface area (Å²) in [6, 6.07) is 22.2. The molecule has 0 unspecified atom stereocenters. The van der Waals surface area contributed by atoms with Gasteiger partial charge in [-0.1, -0.05) is 18.2 Å². The molecule has 8 nitrogen and oxygen atoms in total. The van der Waals surface area contributed by atoms with Crippen molar-refractivity contribution in [3.05, 3.63) is 114 Å². The Morgan fingerprint density at radius 3 is 2.54 bits per heavy atom. The lowest BCUT2D eigenvalue weighted by molar-refractivity contribution is -0.116. The summed E-state index contributed by atoms with van der Waals surface area (Å²) in [5.74, 6) is -1.22. The van der Waals surface area contributed by atoms with Crippen molar-refractivity contribution in [1.29, 1.82) is 0 Å². The highest BCUT2D eigenvalue weighted by atomic mass is 32.1. The molecule has 1 saturated heterocycles. The van der Waals surface area contributed by atoms with Crippen LogP contribution in [0.1, 0.15) is 40.3 Å². The molecule has 1 amide bonds. The van der Waals surface area contributed by atoms with Gasteiger partial charge >= 0.3 is 5.97 Å². The van der Waals surface area contributed by atoms with Gasteiger partial charge in [0.15, 0.2) is 5.11 Å². The molecule has 1 aliphatic rings. The third-order valence-electron chi connectivity index (χ3n) is 6.58. The van der Waals surface area contributed by atoms with Gasteiger partial charge in [-0.25, -0.2) is 9.18 Å². The van der Waals surface area contributed by atoms with E-state index in [0.29, 0.717) is 17.2 Å². The first kappa shape index (κ1) is 26.1. The molecular weight excluding hydrogens is 517 g/mol. The Labute approximate surface area is 230 Å². The normalized spacial score (nSPS) is 16.6. The van der Waals surface area contributed by atoms with Gasteiger partial charge < -0.3 is 24.8 Å². The van der Waals surface area contributed by atoms with E-state index >= 15 is 0 Å². The number of esters is 1. The van der Waals surface area contributed by atoms with Crippen molar-refractivity contribution in [1.82, 2.24) is 19.8 Å². The molecule has 0 radical (unpaired) electrons. The molecule has 0 spiro atoms. The maximum Gasteiger partial charge on any atom is 0.337 e. The van der Waals surface area contributed by atoms with E-state index in [1.165, 1.54) is 19.2 Å². The minimum atomic E-state index is -0.492. The Kier molecular flexibility index (Phi) is 7.64. The lowest BCUT2D eigenvalue weighted by Crippen LogP contribution is -2.33. The fourth-order valence-electron chi connectivity index (χ4n) is 4.71. The number of rotatable bonds is 8. The van der Waals surface area contributed by atoms with Crippen molar-refractivity contribution < 1.29 is 18.7 Å². The summed E-state index contributed by atoms with van der Waals surface area (Å²) >= 11 is 5.72. The number of hydrogen-bond acceptors (Lipinski definition) is 5. The van der Waals surface area contributed by atoms with E-state index in [2.05, 4.69) is 15.6 Å². The summed E-state index contributed by atoms with van der Waals surface area (Å²) < 4.78 is 20.9. The Balaban J connectivity index is 1.44. The standard InChI is InChI=1S/C29H26FN5O3S/c1-38-28(37)19-11-13-20(14-12-19)34-17-6-10-24(34)27-26(23-9-4-5-16-31-23)33-29(39)35(27)18-15-25(36)32-22-8-3-2-7-21(22)30/h2-14,16-17,26-27H,15,18H2,1H3,(H,32,36)(H,33,39)/t26-,27+/m1/s1. The highest BCUT2D eigenvalue weighted by molar-refractivity contribution is 7.80. The number of halogens is 1. The van der Waals surface area contributed by atoms with Gasteiger partial charge in [0, 0.05) is 36.7 Å². The monoisotopic (exact) mass is 543 g/mol. The molecule has 198 valence electrons. The van der Waals surface area contributed by atoms with Crippen molar-refractivity contribution in [2.24, 2.45) is 0 Å². The zero-order valence-electron chi connectivity index (χ0n) is 21.1. The van der Waals surface area contributed by atoms with E-state index in [9.17, 15) is 14.0 Å². The highest BCUT2D eigenvalue weighted by Gasteiger charge is 2.41. The third kappa shape index (κ3) is 5.51. The van der Waals surface area contributed by atoms with E-state index in [0.717, 1.165) is 17.1 Å². The number of pyridine rings is 1. The molecule has 1 fully saturated rings. The number of thiocarbonyl (C=S) groups is 1. The molecule has 0 bridgehead atoms. The molecule has 0 saturated carbocycles. The maximum atomic E-state index is 14.0. The summed E-state index contributed by atoms with van der Waals surface area (Å²) in [7, 11) is 1.35. The molecule has 2 aromatic carbocycles. The number of hydrogen-bond donors (Lipinski definition) is 2. The quantitative estimate of drug-likeness (QED) is 0.244. The Hall–Kier alpha value is -4.57. The van der Waals surface area contributed by atoms with E-state index < -0.39 is 11.8 Å². The van der Waals surface area contributed by atoms with Crippen molar-refractivity contribution in [2.75, 3.05) is 19.0 Å². The molecule has 1 aliphatic heterocycles. The van der Waals surface area contributed by atoms with Crippen LogP contribution in [0.3, 0.4) is 0 Å². The molecular formula is C29H26FN5O3S. The molecule has 2 atom stereocenters. The number of methoxy groups -OCH3 is 1. The minimum Gasteiger partial charge on any atom is -0.465 e. The van der Waals surface area contributed by atoms with Crippen molar-refractivity contribution in [3.63, 3.8) is 0 Å². The first-order valence-electron chi connectivity index (χ1n) is 12.3. The second kappa shape index (κ2) is 11.4. The fourth-order valence-corrected chi connectivity index (χ4v) is 5.04. The topological polar surface area (TPSA) is 88.5 Å². The maximum absolute atomic E-state index is 14.0. The third-order valence-corrected chi connectivity index (χ3v) is 6.93. The predicted molar refractivity (Wildman–Crippen MR) is 149 cm³/mol. The number of benzene rings is 2. The summed E-state index contributed by atoms with van der Waals surface area (Å²) in [6.07, 6.45) is 3.75. The zero-order valence-corrected chi connectivity index (χ0v) is 21.9. The van der Waals surface area contributed by atoms with Gasteiger partial charge in [-0.3, -0.25) is 9.78 Å². The number of nitrogens with zero attached hydrogens (tertiary/aromatic N) is 3. The number of ether oxygens (including phenoxy) is 1. The Morgan fingerprint density at radius 1 is 1.05 bits per heavy atom. The first-order valence-corrected chi connectivity index (χ1v) is 12.8. The first-order chi connectivity index (χ1) is 19.0. The average molecular weight is 544 g/mol. The summed E-state index contributed by atoms with van der Waals surface area (Å²) in [6.45, 7) is 0.298. The number of aromatic nitrogens is 2. The molecule has 2 N–H and O–H groups in total. The Bertz CT molecular complexity index is 1490. The van der Waals surface area contributed by atoms with Crippen LogP contribution in [-0.2, 0) is 9.53 Å². The number of para-hydroxylation sites is 1. The lowest BCUT2D eigenvalue weighted by Gasteiger charge is -2.29. The molecule has 4 aromatic rings. The number of anilines is 1. The van der Waals surface area contributed by atoms with Gasteiger partial charge in [-0.15, -0.1) is 0 Å². The number of carbonyl (C=O) groups excluding carboxylic acids is 2. The van der Waals surface area contributed by atoms with Gasteiger partial charge in [0.25, 0.3) is 0 Å². The number of amides is 1. The van der Waals surface area contributed by atoms with Crippen LogP contribution in [0.5, 0.6) is 0 Å². The van der Waals surface area contributed by atoms with Gasteiger partial charge in [0.1, 0.15) is 5.82 Å². The van der Waals surface area contributed by atoms with Crippen LogP contribution in [0, 0.1) is 5.82 Å². The lowest BCUT2D eigenvalue weighted by atomic mass is 10.0. The molecule has 39 heavy (non-hydrogen) atoms. The zero-order chi connectivity index (χ0) is 27.4. The van der Waals surface area contributed by atoms with Gasteiger partial charge in [-0.2, -0.15) is 0 Å². The van der Waals surface area contributed by atoms with Gasteiger partial charge in [0.05, 0.1) is 36.1 Å². The van der Waals surface area contributed by atoms with Crippen LogP contribution in [0.4, 0.5) is 10.1 Å². The smallest absolute Gasteiger partial charge is 0.337 e. The van der Waals surface area contributed by atoms with Crippen LogP contribution in [-0.4, -0.2) is 45.1 Å². The van der Waals surface area contributed by atoms with E-state index in [1.807, 2.05) is 58.1 Å². The average Bonchev–Trinajstić information content (AvgIpc) is 3.57. The molecule has 10 heteroatoms. The highest BCUT2D eigenvalue weighted by Crippen LogP contribution is 2.39. The van der Waals surface area contributed by atoms with Crippen molar-refractivity contribution in [2.45, 2.75) is 18.5 Å². The SMILES string of the molecule is COC(=O)c1ccc(-n2cccc2[C@H]2[C@@H](c3ccccn3)NC(=S)N2CCC(=O)Nc2ccccc2F)cc1. The van der Waals surface area contributed by atoms with Gasteiger partial charge in [-0.05, 0) is 72.9 Å². The second-order valence-electron chi connectivity index (χ2n) is 8.94. The fraction of sp³-hybridized carbons (Fsp3) is 0.172.